The van der Waals surface area contributed by atoms with Crippen LogP contribution in [0.1, 0.15) is 11.3 Å². The highest BCUT2D eigenvalue weighted by Crippen LogP contribution is 2.31. The van der Waals surface area contributed by atoms with Crippen molar-refractivity contribution < 1.29 is 14.3 Å². The van der Waals surface area contributed by atoms with Gasteiger partial charge in [0, 0.05) is 45.8 Å². The van der Waals surface area contributed by atoms with Gasteiger partial charge in [0.25, 0.3) is 0 Å². The predicted molar refractivity (Wildman–Crippen MR) is 99.3 cm³/mol. The number of fused-ring (bicyclic) bond motifs is 1. The van der Waals surface area contributed by atoms with Crippen LogP contribution in [0.25, 0.3) is 6.08 Å². The summed E-state index contributed by atoms with van der Waals surface area (Å²) in [6.45, 7) is 5.17. The quantitative estimate of drug-likeness (QED) is 0.747. The fourth-order valence-electron chi connectivity index (χ4n) is 3.27. The number of carbonyl (C=O) groups is 1. The number of benzene rings is 1. The van der Waals surface area contributed by atoms with Crippen LogP contribution in [-0.2, 0) is 18.4 Å². The maximum atomic E-state index is 12.3. The molecule has 0 N–H and O–H groups in total. The van der Waals surface area contributed by atoms with E-state index in [0.717, 1.165) is 31.1 Å². The number of nitrogens with zero attached hydrogens (tertiary/aromatic N) is 5. The molecule has 0 aliphatic carbocycles. The third-order valence-corrected chi connectivity index (χ3v) is 4.71. The number of hydrogen-bond acceptors (Lipinski definition) is 6. The lowest BCUT2D eigenvalue weighted by atomic mass is 10.1. The van der Waals surface area contributed by atoms with E-state index in [1.54, 1.807) is 30.1 Å². The largest absolute Gasteiger partial charge is 0.486 e. The molecular weight excluding hydrogens is 346 g/mol. The summed E-state index contributed by atoms with van der Waals surface area (Å²) >= 11 is 0. The van der Waals surface area contributed by atoms with Crippen molar-refractivity contribution in [1.82, 2.24) is 24.8 Å². The number of amides is 1. The Balaban J connectivity index is 1.28. The van der Waals surface area contributed by atoms with Gasteiger partial charge in [0.1, 0.15) is 18.9 Å². The van der Waals surface area contributed by atoms with Crippen LogP contribution in [0.15, 0.2) is 30.5 Å². The molecule has 1 fully saturated rings. The summed E-state index contributed by atoms with van der Waals surface area (Å²) in [7, 11) is 1.80. The highest BCUT2D eigenvalue weighted by Gasteiger charge is 2.20. The van der Waals surface area contributed by atoms with E-state index >= 15 is 0 Å². The Bertz CT molecular complexity index is 840. The van der Waals surface area contributed by atoms with Crippen LogP contribution < -0.4 is 9.47 Å². The van der Waals surface area contributed by atoms with Gasteiger partial charge in [-0.2, -0.15) is 0 Å². The van der Waals surface area contributed by atoms with E-state index < -0.39 is 0 Å². The van der Waals surface area contributed by atoms with Crippen LogP contribution in [0.3, 0.4) is 0 Å². The van der Waals surface area contributed by atoms with E-state index in [9.17, 15) is 4.79 Å². The van der Waals surface area contributed by atoms with Gasteiger partial charge in [0.15, 0.2) is 11.5 Å². The van der Waals surface area contributed by atoms with Crippen LogP contribution in [0.2, 0.25) is 0 Å². The van der Waals surface area contributed by atoms with E-state index in [-0.39, 0.29) is 5.91 Å². The molecule has 0 radical (unpaired) electrons. The molecule has 0 unspecified atom stereocenters. The lowest BCUT2D eigenvalue weighted by molar-refractivity contribution is -0.127. The average molecular weight is 369 g/mol. The molecule has 0 spiro atoms. The molecular formula is C19H23N5O3. The van der Waals surface area contributed by atoms with Crippen LogP contribution in [-0.4, -0.2) is 70.1 Å². The molecule has 0 saturated carbocycles. The minimum absolute atomic E-state index is 0.0135. The zero-order valence-corrected chi connectivity index (χ0v) is 15.4. The summed E-state index contributed by atoms with van der Waals surface area (Å²) in [5, 5.41) is 7.80. The normalized spacial score (nSPS) is 17.4. The lowest BCUT2D eigenvalue weighted by Crippen LogP contribution is -2.47. The Labute approximate surface area is 158 Å². The molecule has 1 aromatic carbocycles. The summed E-state index contributed by atoms with van der Waals surface area (Å²) in [4.78, 5) is 16.6. The number of aromatic nitrogens is 3. The second-order valence-corrected chi connectivity index (χ2v) is 6.73. The van der Waals surface area contributed by atoms with Gasteiger partial charge < -0.3 is 14.4 Å². The molecule has 1 saturated heterocycles. The Morgan fingerprint density at radius 1 is 1.15 bits per heavy atom. The summed E-state index contributed by atoms with van der Waals surface area (Å²) in [5.41, 5.74) is 1.88. The zero-order chi connectivity index (χ0) is 18.6. The van der Waals surface area contributed by atoms with E-state index in [0.29, 0.717) is 32.0 Å². The number of rotatable bonds is 4. The molecule has 2 aromatic rings. The van der Waals surface area contributed by atoms with Crippen molar-refractivity contribution in [3.05, 3.63) is 41.7 Å². The second kappa shape index (κ2) is 7.79. The smallest absolute Gasteiger partial charge is 0.246 e. The summed E-state index contributed by atoms with van der Waals surface area (Å²) in [5.74, 6) is 1.65. The van der Waals surface area contributed by atoms with Crippen molar-refractivity contribution in [1.29, 1.82) is 0 Å². The molecule has 3 heterocycles. The van der Waals surface area contributed by atoms with Crippen LogP contribution in [0.4, 0.5) is 0 Å². The van der Waals surface area contributed by atoms with Crippen LogP contribution >= 0.6 is 0 Å². The SMILES string of the molecule is Cn1cc(/C=C/C(=O)N2CCN(Cc3ccc4c(c3)OCCO4)CC2)nn1. The van der Waals surface area contributed by atoms with Gasteiger partial charge in [-0.25, -0.2) is 0 Å². The third-order valence-electron chi connectivity index (χ3n) is 4.71. The lowest BCUT2D eigenvalue weighted by Gasteiger charge is -2.34. The predicted octanol–water partition coefficient (Wildman–Crippen LogP) is 0.944. The Morgan fingerprint density at radius 3 is 2.67 bits per heavy atom. The van der Waals surface area contributed by atoms with Crippen molar-refractivity contribution in [2.45, 2.75) is 6.54 Å². The first-order valence-corrected chi connectivity index (χ1v) is 9.11. The van der Waals surface area contributed by atoms with Crippen LogP contribution in [0, 0.1) is 0 Å². The van der Waals surface area contributed by atoms with Gasteiger partial charge in [-0.15, -0.1) is 5.10 Å². The summed E-state index contributed by atoms with van der Waals surface area (Å²) in [6, 6.07) is 6.10. The molecule has 27 heavy (non-hydrogen) atoms. The Hall–Kier alpha value is -2.87. The van der Waals surface area contributed by atoms with E-state index in [1.165, 1.54) is 5.56 Å². The number of carbonyl (C=O) groups excluding carboxylic acids is 1. The maximum absolute atomic E-state index is 12.3. The molecule has 142 valence electrons. The van der Waals surface area contributed by atoms with Crippen molar-refractivity contribution in [2.24, 2.45) is 7.05 Å². The highest BCUT2D eigenvalue weighted by molar-refractivity contribution is 5.91. The molecule has 8 heteroatoms. The van der Waals surface area contributed by atoms with Gasteiger partial charge in [-0.3, -0.25) is 14.4 Å². The van der Waals surface area contributed by atoms with Gasteiger partial charge in [-0.1, -0.05) is 11.3 Å². The first-order chi connectivity index (χ1) is 13.2. The fraction of sp³-hybridized carbons (Fsp3) is 0.421. The number of aryl methyl sites for hydroxylation is 1. The average Bonchev–Trinajstić information content (AvgIpc) is 3.12. The summed E-state index contributed by atoms with van der Waals surface area (Å²) < 4.78 is 12.8. The molecule has 0 bridgehead atoms. The molecule has 2 aliphatic heterocycles. The topological polar surface area (TPSA) is 72.7 Å². The maximum Gasteiger partial charge on any atom is 0.246 e. The number of ether oxygens (including phenoxy) is 2. The van der Waals surface area contributed by atoms with Gasteiger partial charge in [-0.05, 0) is 23.8 Å². The Morgan fingerprint density at radius 2 is 1.93 bits per heavy atom. The third kappa shape index (κ3) is 4.28. The minimum atomic E-state index is 0.0135. The molecule has 1 aromatic heterocycles. The first-order valence-electron chi connectivity index (χ1n) is 9.11. The molecule has 8 nitrogen and oxygen atoms in total. The standard InChI is InChI=1S/C19H23N5O3/c1-22-14-16(20-21-22)3-5-19(25)24-8-6-23(7-9-24)13-15-2-4-17-18(12-15)27-11-10-26-17/h2-5,12,14H,6-11,13H2,1H3/b5-3+. The van der Waals surface area contributed by atoms with Crippen molar-refractivity contribution >= 4 is 12.0 Å². The minimum Gasteiger partial charge on any atom is -0.486 e. The second-order valence-electron chi connectivity index (χ2n) is 6.73. The summed E-state index contributed by atoms with van der Waals surface area (Å²) in [6.07, 6.45) is 5.05. The molecule has 1 amide bonds. The first kappa shape index (κ1) is 17.5. The van der Waals surface area contributed by atoms with Crippen molar-refractivity contribution in [2.75, 3.05) is 39.4 Å². The monoisotopic (exact) mass is 369 g/mol. The Kier molecular flexibility index (Phi) is 5.06. The number of piperazine rings is 1. The van der Waals surface area contributed by atoms with E-state index in [2.05, 4.69) is 27.3 Å². The molecule has 2 aliphatic rings. The van der Waals surface area contributed by atoms with Crippen molar-refractivity contribution in [3.63, 3.8) is 0 Å². The van der Waals surface area contributed by atoms with Gasteiger partial charge in [0.05, 0.1) is 6.20 Å². The van der Waals surface area contributed by atoms with E-state index in [1.807, 2.05) is 11.0 Å². The van der Waals surface area contributed by atoms with E-state index in [4.69, 9.17) is 9.47 Å². The van der Waals surface area contributed by atoms with Crippen molar-refractivity contribution in [3.8, 4) is 11.5 Å². The number of hydrogen-bond donors (Lipinski definition) is 0. The molecule has 0 atom stereocenters. The fourth-order valence-corrected chi connectivity index (χ4v) is 3.27. The van der Waals surface area contributed by atoms with Gasteiger partial charge >= 0.3 is 0 Å². The molecule has 4 rings (SSSR count). The zero-order valence-electron chi connectivity index (χ0n) is 15.4. The van der Waals surface area contributed by atoms with Gasteiger partial charge in [0.2, 0.25) is 5.91 Å². The highest BCUT2D eigenvalue weighted by atomic mass is 16.6. The van der Waals surface area contributed by atoms with Crippen LogP contribution in [0.5, 0.6) is 11.5 Å².